The van der Waals surface area contributed by atoms with Crippen LogP contribution in [-0.4, -0.2) is 34.6 Å². The van der Waals surface area contributed by atoms with E-state index in [2.05, 4.69) is 10.6 Å². The van der Waals surface area contributed by atoms with Gasteiger partial charge in [-0.25, -0.2) is 0 Å². The Kier molecular flexibility index (Phi) is 5.66. The van der Waals surface area contributed by atoms with Gasteiger partial charge in [-0.15, -0.1) is 0 Å². The highest BCUT2D eigenvalue weighted by molar-refractivity contribution is 5.95. The number of benzene rings is 1. The Bertz CT molecular complexity index is 529. The number of nitrogens with zero attached hydrogens (tertiary/aromatic N) is 1. The third-order valence-corrected chi connectivity index (χ3v) is 3.22. The zero-order valence-corrected chi connectivity index (χ0v) is 12.5. The molecule has 0 saturated carbocycles. The van der Waals surface area contributed by atoms with Crippen LogP contribution in [0, 0.1) is 10.1 Å². The SMILES string of the molecule is CCNC(=O)c1ccc(NCC(C)(O)CC)c([N+](=O)[O-])c1. The first-order valence-electron chi connectivity index (χ1n) is 6.83. The molecule has 7 heteroatoms. The first-order chi connectivity index (χ1) is 9.80. The highest BCUT2D eigenvalue weighted by Crippen LogP contribution is 2.26. The molecule has 0 aliphatic rings. The lowest BCUT2D eigenvalue weighted by molar-refractivity contribution is -0.384. The van der Waals surface area contributed by atoms with Crippen LogP contribution in [0.4, 0.5) is 11.4 Å². The van der Waals surface area contributed by atoms with Gasteiger partial charge in [-0.2, -0.15) is 0 Å². The van der Waals surface area contributed by atoms with Gasteiger partial charge in [0, 0.05) is 24.7 Å². The number of anilines is 1. The van der Waals surface area contributed by atoms with Crippen molar-refractivity contribution in [2.75, 3.05) is 18.4 Å². The highest BCUT2D eigenvalue weighted by atomic mass is 16.6. The maximum Gasteiger partial charge on any atom is 0.293 e. The maximum absolute atomic E-state index is 11.7. The van der Waals surface area contributed by atoms with Crippen LogP contribution >= 0.6 is 0 Å². The van der Waals surface area contributed by atoms with E-state index >= 15 is 0 Å². The van der Waals surface area contributed by atoms with E-state index in [4.69, 9.17) is 0 Å². The van der Waals surface area contributed by atoms with Crippen molar-refractivity contribution in [1.29, 1.82) is 0 Å². The van der Waals surface area contributed by atoms with Gasteiger partial charge in [0.2, 0.25) is 0 Å². The van der Waals surface area contributed by atoms with E-state index in [0.29, 0.717) is 13.0 Å². The van der Waals surface area contributed by atoms with Crippen molar-refractivity contribution in [2.45, 2.75) is 32.8 Å². The number of hydrogen-bond acceptors (Lipinski definition) is 5. The summed E-state index contributed by atoms with van der Waals surface area (Å²) in [5, 5.41) is 26.5. The zero-order chi connectivity index (χ0) is 16.0. The van der Waals surface area contributed by atoms with E-state index in [1.54, 1.807) is 13.8 Å². The van der Waals surface area contributed by atoms with Gasteiger partial charge in [0.15, 0.2) is 0 Å². The van der Waals surface area contributed by atoms with Gasteiger partial charge in [0.25, 0.3) is 11.6 Å². The van der Waals surface area contributed by atoms with Crippen LogP contribution in [0.1, 0.15) is 37.6 Å². The van der Waals surface area contributed by atoms with Crippen molar-refractivity contribution in [3.8, 4) is 0 Å². The monoisotopic (exact) mass is 295 g/mol. The normalized spacial score (nSPS) is 13.3. The topological polar surface area (TPSA) is 104 Å². The summed E-state index contributed by atoms with van der Waals surface area (Å²) in [6.45, 7) is 5.88. The number of nitro benzene ring substituents is 1. The number of nitrogens with one attached hydrogen (secondary N) is 2. The fourth-order valence-corrected chi connectivity index (χ4v) is 1.65. The number of carbonyl (C=O) groups excluding carboxylic acids is 1. The summed E-state index contributed by atoms with van der Waals surface area (Å²) in [4.78, 5) is 22.3. The van der Waals surface area contributed by atoms with Crippen LogP contribution in [0.15, 0.2) is 18.2 Å². The number of rotatable bonds is 7. The Morgan fingerprint density at radius 3 is 2.62 bits per heavy atom. The molecule has 1 rings (SSSR count). The van der Waals surface area contributed by atoms with Crippen molar-refractivity contribution in [1.82, 2.24) is 5.32 Å². The van der Waals surface area contributed by atoms with E-state index < -0.39 is 10.5 Å². The fraction of sp³-hybridized carbons (Fsp3) is 0.500. The quantitative estimate of drug-likeness (QED) is 0.526. The summed E-state index contributed by atoms with van der Waals surface area (Å²) < 4.78 is 0. The minimum Gasteiger partial charge on any atom is -0.388 e. The van der Waals surface area contributed by atoms with Crippen LogP contribution < -0.4 is 10.6 Å². The molecule has 0 fully saturated rings. The highest BCUT2D eigenvalue weighted by Gasteiger charge is 2.21. The molecule has 116 valence electrons. The fourth-order valence-electron chi connectivity index (χ4n) is 1.65. The minimum atomic E-state index is -0.952. The van der Waals surface area contributed by atoms with Crippen LogP contribution in [0.3, 0.4) is 0 Å². The van der Waals surface area contributed by atoms with Crippen LogP contribution in [-0.2, 0) is 0 Å². The number of amides is 1. The maximum atomic E-state index is 11.7. The Labute approximate surface area is 123 Å². The summed E-state index contributed by atoms with van der Waals surface area (Å²) in [7, 11) is 0. The van der Waals surface area contributed by atoms with Gasteiger partial charge >= 0.3 is 0 Å². The predicted molar refractivity (Wildman–Crippen MR) is 80.5 cm³/mol. The lowest BCUT2D eigenvalue weighted by atomic mass is 10.0. The second-order valence-electron chi connectivity index (χ2n) is 5.05. The van der Waals surface area contributed by atoms with E-state index in [1.165, 1.54) is 18.2 Å². The molecule has 0 spiro atoms. The Balaban J connectivity index is 3.00. The number of aliphatic hydroxyl groups is 1. The third kappa shape index (κ3) is 4.71. The zero-order valence-electron chi connectivity index (χ0n) is 12.5. The molecule has 1 unspecified atom stereocenters. The molecule has 0 aliphatic heterocycles. The summed E-state index contributed by atoms with van der Waals surface area (Å²) in [6.07, 6.45) is 0.519. The lowest BCUT2D eigenvalue weighted by Gasteiger charge is -2.22. The average Bonchev–Trinajstić information content (AvgIpc) is 2.45. The summed E-state index contributed by atoms with van der Waals surface area (Å²) in [6, 6.07) is 4.23. The molecule has 0 heterocycles. The molecule has 0 radical (unpaired) electrons. The molecule has 7 nitrogen and oxygen atoms in total. The molecule has 1 aromatic rings. The van der Waals surface area contributed by atoms with Gasteiger partial charge < -0.3 is 15.7 Å². The van der Waals surface area contributed by atoms with Gasteiger partial charge in [0.05, 0.1) is 10.5 Å². The molecule has 0 aromatic heterocycles. The van der Waals surface area contributed by atoms with E-state index in [1.807, 2.05) is 6.92 Å². The van der Waals surface area contributed by atoms with E-state index in [9.17, 15) is 20.0 Å². The van der Waals surface area contributed by atoms with Gasteiger partial charge in [-0.05, 0) is 32.4 Å². The Morgan fingerprint density at radius 1 is 1.43 bits per heavy atom. The molecule has 0 bridgehead atoms. The molecule has 0 saturated heterocycles. The Hall–Kier alpha value is -2.15. The molecule has 1 amide bonds. The molecule has 1 atom stereocenters. The van der Waals surface area contributed by atoms with Crippen molar-refractivity contribution in [2.24, 2.45) is 0 Å². The average molecular weight is 295 g/mol. The van der Waals surface area contributed by atoms with Crippen LogP contribution in [0.5, 0.6) is 0 Å². The largest absolute Gasteiger partial charge is 0.388 e. The molecular formula is C14H21N3O4. The molecular weight excluding hydrogens is 274 g/mol. The van der Waals surface area contributed by atoms with Crippen molar-refractivity contribution < 1.29 is 14.8 Å². The standard InChI is InChI=1S/C14H21N3O4/c1-4-14(3,19)9-16-11-7-6-10(13(18)15-5-2)8-12(11)17(20)21/h6-8,16,19H,4-5,9H2,1-3H3,(H,15,18). The number of nitro groups is 1. The van der Waals surface area contributed by atoms with Gasteiger partial charge in [-0.3, -0.25) is 14.9 Å². The minimum absolute atomic E-state index is 0.185. The van der Waals surface area contributed by atoms with Gasteiger partial charge in [-0.1, -0.05) is 6.92 Å². The van der Waals surface area contributed by atoms with Gasteiger partial charge in [0.1, 0.15) is 5.69 Å². The first kappa shape index (κ1) is 16.9. The second-order valence-corrected chi connectivity index (χ2v) is 5.05. The van der Waals surface area contributed by atoms with Crippen molar-refractivity contribution >= 4 is 17.3 Å². The molecule has 21 heavy (non-hydrogen) atoms. The summed E-state index contributed by atoms with van der Waals surface area (Å²) >= 11 is 0. The van der Waals surface area contributed by atoms with Crippen LogP contribution in [0.2, 0.25) is 0 Å². The third-order valence-electron chi connectivity index (χ3n) is 3.22. The second kappa shape index (κ2) is 7.03. The van der Waals surface area contributed by atoms with Crippen LogP contribution in [0.25, 0.3) is 0 Å². The lowest BCUT2D eigenvalue weighted by Crippen LogP contribution is -2.32. The van der Waals surface area contributed by atoms with E-state index in [0.717, 1.165) is 0 Å². The molecule has 0 aliphatic carbocycles. The predicted octanol–water partition coefficient (Wildman–Crippen LogP) is 1.92. The number of carbonyl (C=O) groups is 1. The summed E-state index contributed by atoms with van der Waals surface area (Å²) in [5.41, 5.74) is -0.629. The summed E-state index contributed by atoms with van der Waals surface area (Å²) in [5.74, 6) is -0.354. The first-order valence-corrected chi connectivity index (χ1v) is 6.83. The Morgan fingerprint density at radius 2 is 2.10 bits per heavy atom. The smallest absolute Gasteiger partial charge is 0.293 e. The van der Waals surface area contributed by atoms with Crippen molar-refractivity contribution in [3.63, 3.8) is 0 Å². The number of hydrogen-bond donors (Lipinski definition) is 3. The molecule has 3 N–H and O–H groups in total. The molecule has 1 aromatic carbocycles. The van der Waals surface area contributed by atoms with Crippen molar-refractivity contribution in [3.05, 3.63) is 33.9 Å². The van der Waals surface area contributed by atoms with E-state index in [-0.39, 0.29) is 29.4 Å².